The number of aromatic nitrogens is 9. The first-order chi connectivity index (χ1) is 38.9. The van der Waals surface area contributed by atoms with Gasteiger partial charge in [-0.1, -0.05) is 60.7 Å². The van der Waals surface area contributed by atoms with E-state index < -0.39 is 0 Å². The summed E-state index contributed by atoms with van der Waals surface area (Å²) in [5, 5.41) is 3.34. The zero-order chi connectivity index (χ0) is 53.5. The predicted molar refractivity (Wildman–Crippen MR) is 305 cm³/mol. The Hall–Kier alpha value is -10.0. The molecule has 0 N–H and O–H groups in total. The van der Waals surface area contributed by atoms with Gasteiger partial charge in [-0.3, -0.25) is 15.0 Å². The third-order valence-electron chi connectivity index (χ3n) is 13.7. The van der Waals surface area contributed by atoms with Crippen molar-refractivity contribution in [2.45, 2.75) is 47.0 Å². The van der Waals surface area contributed by atoms with Crippen LogP contribution in [0.1, 0.15) is 39.3 Å². The molecule has 8 aromatic heterocycles. The zero-order valence-electron chi connectivity index (χ0n) is 43.9. The van der Waals surface area contributed by atoms with E-state index in [-0.39, 0.29) is 0 Å². The molecule has 11 aromatic rings. The fourth-order valence-corrected chi connectivity index (χ4v) is 9.71. The van der Waals surface area contributed by atoms with Gasteiger partial charge in [0.1, 0.15) is 28.1 Å². The summed E-state index contributed by atoms with van der Waals surface area (Å²) >= 11 is 0. The van der Waals surface area contributed by atoms with Gasteiger partial charge in [0, 0.05) is 124 Å². The molecule has 4 aliphatic heterocycles. The Morgan fingerprint density at radius 3 is 1.41 bits per heavy atom. The van der Waals surface area contributed by atoms with Gasteiger partial charge in [0.05, 0.1) is 25.0 Å². The maximum absolute atomic E-state index is 6.00. The second kappa shape index (κ2) is 22.7. The fourth-order valence-electron chi connectivity index (χ4n) is 9.71. The van der Waals surface area contributed by atoms with E-state index in [0.717, 1.165) is 133 Å². The quantitative estimate of drug-likeness (QED) is 0.163. The maximum Gasteiger partial charge on any atom is 0.228 e. The summed E-state index contributed by atoms with van der Waals surface area (Å²) in [6, 6.07) is 42.5. The first-order valence-electron chi connectivity index (χ1n) is 26.0. The molecule has 17 heteroatoms. The molecule has 0 amide bonds. The summed E-state index contributed by atoms with van der Waals surface area (Å²) in [4.78, 5) is 47.5. The average molecular weight is 1050 g/mol. The largest absolute Gasteiger partial charge is 0.473 e. The van der Waals surface area contributed by atoms with Gasteiger partial charge in [0.2, 0.25) is 5.95 Å². The summed E-state index contributed by atoms with van der Waals surface area (Å²) in [7, 11) is 0. The number of anilines is 4. The van der Waals surface area contributed by atoms with Crippen LogP contribution in [-0.2, 0) is 26.2 Å². The molecule has 0 saturated heterocycles. The van der Waals surface area contributed by atoms with Gasteiger partial charge in [0.25, 0.3) is 0 Å². The topological polar surface area (TPSA) is 166 Å². The second-order valence-corrected chi connectivity index (χ2v) is 19.3. The van der Waals surface area contributed by atoms with Gasteiger partial charge < -0.3 is 38.5 Å². The lowest BCUT2D eigenvalue weighted by Gasteiger charge is -2.31. The van der Waals surface area contributed by atoms with E-state index >= 15 is 0 Å². The monoisotopic (exact) mass is 1050 g/mol. The third-order valence-corrected chi connectivity index (χ3v) is 13.7. The summed E-state index contributed by atoms with van der Waals surface area (Å²) in [6.45, 7) is 11.2. The molecular formula is C62H55N13O4. The highest BCUT2D eigenvalue weighted by Gasteiger charge is 2.24. The van der Waals surface area contributed by atoms with Crippen molar-refractivity contribution < 1.29 is 18.9 Å². The van der Waals surface area contributed by atoms with Gasteiger partial charge in [-0.25, -0.2) is 29.9 Å². The van der Waals surface area contributed by atoms with Gasteiger partial charge >= 0.3 is 0 Å². The molecular weight excluding hydrogens is 991 g/mol. The standard InChI is InChI=1S/2C17H15N3O.C16H14N4O.C12H11N3O/c1-12-2-3-13-4-5-14-10-20(15-6-8-18-9-7-15)11-21-17(14)16(13)19-12;1-12-4-5-13-6-7-14-10-20(15-3-2-8-18-9-15)11-21-17(14)16(13)19-12;1-11-3-4-12-5-6-13-9-20(16-17-7-2-8-18-16)10-21-15(13)14(12)19-11;1-2-5-14-12(3-1)15-8-10-7-13-6-4-11(10)16-9-15/h2*2-9H,10-11H2,1H3;2-8H,9-10H2,1H3;1-7H,8-9H2. The Bertz CT molecular complexity index is 3570. The Balaban J connectivity index is 0.000000106. The van der Waals surface area contributed by atoms with E-state index in [0.29, 0.717) is 32.9 Å². The first-order valence-corrected chi connectivity index (χ1v) is 26.0. The van der Waals surface area contributed by atoms with E-state index in [9.17, 15) is 0 Å². The van der Waals surface area contributed by atoms with Crippen LogP contribution in [0.15, 0.2) is 183 Å². The average Bonchev–Trinajstić information content (AvgIpc) is 3.52. The molecule has 79 heavy (non-hydrogen) atoms. The summed E-state index contributed by atoms with van der Waals surface area (Å²) in [6.07, 6.45) is 16.1. The van der Waals surface area contributed by atoms with Gasteiger partial charge in [0.15, 0.2) is 44.2 Å². The number of benzene rings is 3. The Kier molecular flexibility index (Phi) is 14.3. The molecule has 12 heterocycles. The van der Waals surface area contributed by atoms with Crippen LogP contribution in [0.2, 0.25) is 0 Å². The Morgan fingerprint density at radius 2 is 0.848 bits per heavy atom. The minimum atomic E-state index is 0.436. The lowest BCUT2D eigenvalue weighted by Crippen LogP contribution is -2.33. The number of nitrogens with zero attached hydrogens (tertiary/aromatic N) is 13. The van der Waals surface area contributed by atoms with Crippen molar-refractivity contribution in [2.75, 3.05) is 46.5 Å². The summed E-state index contributed by atoms with van der Waals surface area (Å²) in [5.74, 6) is 5.24. The normalized spacial score (nSPS) is 13.9. The highest BCUT2D eigenvalue weighted by molar-refractivity contribution is 5.88. The molecule has 17 nitrogen and oxygen atoms in total. The SMILES string of the molecule is Cc1ccc2ccc3c(c2n1)OCN(c1cccnc1)C3.Cc1ccc2ccc3c(c2n1)OCN(c1ccncc1)C3.Cc1ccc2ccc3c(c2n1)OCN(c1ncccn1)C3.c1ccc(N2COc3ccncc3C2)nc1. The molecule has 392 valence electrons. The second-order valence-electron chi connectivity index (χ2n) is 19.3. The van der Waals surface area contributed by atoms with Crippen molar-refractivity contribution in [2.24, 2.45) is 0 Å². The van der Waals surface area contributed by atoms with Crippen LogP contribution in [0.25, 0.3) is 32.7 Å². The number of ether oxygens (including phenoxy) is 4. The maximum atomic E-state index is 6.00. The smallest absolute Gasteiger partial charge is 0.228 e. The minimum absolute atomic E-state index is 0.436. The molecule has 0 atom stereocenters. The molecule has 0 spiro atoms. The third kappa shape index (κ3) is 11.1. The van der Waals surface area contributed by atoms with Crippen molar-refractivity contribution in [3.63, 3.8) is 0 Å². The molecule has 0 saturated carbocycles. The van der Waals surface area contributed by atoms with Crippen molar-refractivity contribution in [3.05, 3.63) is 223 Å². The van der Waals surface area contributed by atoms with Crippen molar-refractivity contribution in [1.29, 1.82) is 0 Å². The number of hydrogen-bond acceptors (Lipinski definition) is 17. The Morgan fingerprint density at radius 1 is 0.354 bits per heavy atom. The van der Waals surface area contributed by atoms with E-state index in [1.54, 1.807) is 43.4 Å². The highest BCUT2D eigenvalue weighted by atomic mass is 16.5. The van der Waals surface area contributed by atoms with Crippen molar-refractivity contribution >= 4 is 55.8 Å². The Labute approximate surface area is 456 Å². The fraction of sp³-hybridized carbons (Fsp3) is 0.177. The van der Waals surface area contributed by atoms with Gasteiger partial charge in [-0.05, 0) is 87.5 Å². The van der Waals surface area contributed by atoms with E-state index in [4.69, 9.17) is 18.9 Å². The summed E-state index contributed by atoms with van der Waals surface area (Å²) in [5.41, 5.74) is 12.6. The number of aryl methyl sites for hydroxylation is 3. The van der Waals surface area contributed by atoms with Crippen LogP contribution >= 0.6 is 0 Å². The summed E-state index contributed by atoms with van der Waals surface area (Å²) < 4.78 is 23.6. The number of fused-ring (bicyclic) bond motifs is 10. The van der Waals surface area contributed by atoms with Crippen LogP contribution in [0.4, 0.5) is 23.1 Å². The van der Waals surface area contributed by atoms with Gasteiger partial charge in [-0.15, -0.1) is 0 Å². The first kappa shape index (κ1) is 49.8. The highest BCUT2D eigenvalue weighted by Crippen LogP contribution is 2.37. The molecule has 0 fully saturated rings. The van der Waals surface area contributed by atoms with E-state index in [1.807, 2.05) is 111 Å². The van der Waals surface area contributed by atoms with Crippen LogP contribution in [0.3, 0.4) is 0 Å². The van der Waals surface area contributed by atoms with Gasteiger partial charge in [-0.2, -0.15) is 0 Å². The zero-order valence-corrected chi connectivity index (χ0v) is 43.9. The van der Waals surface area contributed by atoms with Crippen molar-refractivity contribution in [1.82, 2.24) is 44.9 Å². The lowest BCUT2D eigenvalue weighted by atomic mass is 10.1. The van der Waals surface area contributed by atoms with Crippen molar-refractivity contribution in [3.8, 4) is 23.0 Å². The molecule has 0 radical (unpaired) electrons. The van der Waals surface area contributed by atoms with Crippen LogP contribution in [-0.4, -0.2) is 71.8 Å². The van der Waals surface area contributed by atoms with E-state index in [2.05, 4.69) is 114 Å². The molecule has 3 aromatic carbocycles. The lowest BCUT2D eigenvalue weighted by molar-refractivity contribution is 0.287. The molecule has 0 aliphatic carbocycles. The molecule has 0 unspecified atom stereocenters. The predicted octanol–water partition coefficient (Wildman–Crippen LogP) is 11.1. The number of rotatable bonds is 4. The molecule has 15 rings (SSSR count). The van der Waals surface area contributed by atoms with Crippen LogP contribution < -0.4 is 38.5 Å². The number of hydrogen-bond donors (Lipinski definition) is 0. The minimum Gasteiger partial charge on any atom is -0.473 e. The molecule has 0 bridgehead atoms. The number of pyridine rings is 7. The van der Waals surface area contributed by atoms with Crippen LogP contribution in [0.5, 0.6) is 23.0 Å². The van der Waals surface area contributed by atoms with E-state index in [1.165, 1.54) is 5.56 Å². The molecule has 4 aliphatic rings. The van der Waals surface area contributed by atoms with Crippen LogP contribution in [0, 0.1) is 20.8 Å².